The van der Waals surface area contributed by atoms with Gasteiger partial charge in [-0.25, -0.2) is 8.42 Å². The van der Waals surface area contributed by atoms with E-state index in [1.54, 1.807) is 54.6 Å². The number of nitrogens with zero attached hydrogens (tertiary/aromatic N) is 1. The normalized spacial score (nSPS) is 11.8. The molecule has 0 spiro atoms. The summed E-state index contributed by atoms with van der Waals surface area (Å²) in [5.74, 6) is 0. The van der Waals surface area contributed by atoms with Crippen LogP contribution >= 0.6 is 31.9 Å². The third kappa shape index (κ3) is 4.44. The highest BCUT2D eigenvalue weighted by atomic mass is 79.9. The standard InChI is InChI=1S/C15H10Br2N2O2S/c16-12-3-1-11(2-4-12)9-15(10-18)22(20,21)19-14-7-5-13(17)6-8-14/h1-9,19H/b15-9-. The van der Waals surface area contributed by atoms with Crippen LogP contribution in [0.2, 0.25) is 0 Å². The van der Waals surface area contributed by atoms with E-state index in [2.05, 4.69) is 36.6 Å². The molecule has 0 radical (unpaired) electrons. The molecule has 0 bridgehead atoms. The highest BCUT2D eigenvalue weighted by Crippen LogP contribution is 2.20. The van der Waals surface area contributed by atoms with E-state index in [-0.39, 0.29) is 4.91 Å². The van der Waals surface area contributed by atoms with Crippen LogP contribution in [0.15, 0.2) is 62.4 Å². The van der Waals surface area contributed by atoms with E-state index >= 15 is 0 Å². The number of rotatable bonds is 4. The quantitative estimate of drug-likeness (QED) is 0.709. The SMILES string of the molecule is N#C/C(=C/c1ccc(Br)cc1)S(=O)(=O)Nc1ccc(Br)cc1. The largest absolute Gasteiger partial charge is 0.279 e. The highest BCUT2D eigenvalue weighted by Gasteiger charge is 2.17. The average molecular weight is 442 g/mol. The van der Waals surface area contributed by atoms with Crippen LogP contribution in [0.5, 0.6) is 0 Å². The van der Waals surface area contributed by atoms with Crippen molar-refractivity contribution >= 4 is 53.6 Å². The summed E-state index contributed by atoms with van der Waals surface area (Å²) in [7, 11) is -3.92. The molecule has 0 atom stereocenters. The van der Waals surface area contributed by atoms with Gasteiger partial charge in [-0.05, 0) is 48.0 Å². The smallest absolute Gasteiger partial charge is 0.272 e. The van der Waals surface area contributed by atoms with Crippen LogP contribution < -0.4 is 4.72 Å². The number of benzene rings is 2. The van der Waals surface area contributed by atoms with Crippen molar-refractivity contribution in [2.24, 2.45) is 0 Å². The Kier molecular flexibility index (Phi) is 5.40. The van der Waals surface area contributed by atoms with Crippen LogP contribution in [0, 0.1) is 11.3 Å². The molecule has 0 saturated carbocycles. The summed E-state index contributed by atoms with van der Waals surface area (Å²) in [5.41, 5.74) is 1.01. The van der Waals surface area contributed by atoms with Crippen molar-refractivity contribution in [2.45, 2.75) is 0 Å². The van der Waals surface area contributed by atoms with Gasteiger partial charge in [0.15, 0.2) is 4.91 Å². The summed E-state index contributed by atoms with van der Waals surface area (Å²) in [6, 6.07) is 15.3. The van der Waals surface area contributed by atoms with E-state index in [1.165, 1.54) is 6.08 Å². The van der Waals surface area contributed by atoms with Crippen LogP contribution in [-0.4, -0.2) is 8.42 Å². The number of sulfonamides is 1. The van der Waals surface area contributed by atoms with Gasteiger partial charge >= 0.3 is 0 Å². The lowest BCUT2D eigenvalue weighted by Crippen LogP contribution is -2.14. The second-order valence-electron chi connectivity index (χ2n) is 4.28. The Morgan fingerprint density at radius 1 is 1.00 bits per heavy atom. The van der Waals surface area contributed by atoms with Crippen molar-refractivity contribution in [3.8, 4) is 6.07 Å². The first-order valence-electron chi connectivity index (χ1n) is 6.06. The van der Waals surface area contributed by atoms with Gasteiger partial charge in [0.25, 0.3) is 10.0 Å². The number of halogens is 2. The van der Waals surface area contributed by atoms with Crippen LogP contribution in [0.25, 0.3) is 6.08 Å². The molecule has 2 rings (SSSR count). The van der Waals surface area contributed by atoms with Gasteiger partial charge in [-0.15, -0.1) is 0 Å². The molecular weight excluding hydrogens is 432 g/mol. The number of hydrogen-bond donors (Lipinski definition) is 1. The third-order valence-corrected chi connectivity index (χ3v) is 5.01. The minimum absolute atomic E-state index is 0.349. The van der Waals surface area contributed by atoms with Gasteiger partial charge in [0.05, 0.1) is 0 Å². The first-order valence-corrected chi connectivity index (χ1v) is 9.13. The van der Waals surface area contributed by atoms with Crippen LogP contribution in [0.3, 0.4) is 0 Å². The van der Waals surface area contributed by atoms with E-state index in [0.717, 1.165) is 8.95 Å². The summed E-state index contributed by atoms with van der Waals surface area (Å²) in [6.07, 6.45) is 1.33. The Bertz CT molecular complexity index is 837. The molecule has 0 aliphatic heterocycles. The zero-order chi connectivity index (χ0) is 16.2. The lowest BCUT2D eigenvalue weighted by atomic mass is 10.2. The van der Waals surface area contributed by atoms with Crippen LogP contribution in [0.4, 0.5) is 5.69 Å². The molecule has 0 unspecified atom stereocenters. The van der Waals surface area contributed by atoms with E-state index < -0.39 is 10.0 Å². The number of hydrogen-bond acceptors (Lipinski definition) is 3. The summed E-state index contributed by atoms with van der Waals surface area (Å²) >= 11 is 6.57. The second kappa shape index (κ2) is 7.09. The minimum Gasteiger partial charge on any atom is -0.279 e. The summed E-state index contributed by atoms with van der Waals surface area (Å²) in [5, 5.41) is 9.15. The lowest BCUT2D eigenvalue weighted by Gasteiger charge is -2.07. The monoisotopic (exact) mass is 440 g/mol. The van der Waals surface area contributed by atoms with Gasteiger partial charge in [0, 0.05) is 14.6 Å². The lowest BCUT2D eigenvalue weighted by molar-refractivity contribution is 0.608. The van der Waals surface area contributed by atoms with E-state index in [0.29, 0.717) is 11.3 Å². The zero-order valence-corrected chi connectivity index (χ0v) is 15.1. The Labute approximate surface area is 145 Å². The Morgan fingerprint density at radius 2 is 1.50 bits per heavy atom. The molecule has 1 N–H and O–H groups in total. The van der Waals surface area contributed by atoms with E-state index in [1.807, 2.05) is 0 Å². The number of allylic oxidation sites excluding steroid dienone is 1. The molecule has 2 aromatic rings. The number of anilines is 1. The molecule has 0 aromatic heterocycles. The summed E-state index contributed by atoms with van der Waals surface area (Å²) < 4.78 is 28.6. The molecule has 7 heteroatoms. The minimum atomic E-state index is -3.92. The third-order valence-electron chi connectivity index (χ3n) is 2.66. The first-order chi connectivity index (χ1) is 10.4. The molecule has 2 aromatic carbocycles. The van der Waals surface area contributed by atoms with Gasteiger partial charge in [-0.2, -0.15) is 5.26 Å². The maximum atomic E-state index is 12.3. The van der Waals surface area contributed by atoms with E-state index in [9.17, 15) is 8.42 Å². The van der Waals surface area contributed by atoms with Gasteiger partial charge in [0.1, 0.15) is 6.07 Å². The maximum absolute atomic E-state index is 12.3. The molecule has 112 valence electrons. The number of nitrogens with one attached hydrogen (secondary N) is 1. The maximum Gasteiger partial charge on any atom is 0.272 e. The molecule has 22 heavy (non-hydrogen) atoms. The Balaban J connectivity index is 2.31. The van der Waals surface area contributed by atoms with Crippen LogP contribution in [-0.2, 0) is 10.0 Å². The van der Waals surface area contributed by atoms with Gasteiger partial charge in [-0.1, -0.05) is 44.0 Å². The summed E-state index contributed by atoms with van der Waals surface area (Å²) in [6.45, 7) is 0. The van der Waals surface area contributed by atoms with Gasteiger partial charge in [-0.3, -0.25) is 4.72 Å². The molecule has 0 aliphatic rings. The van der Waals surface area contributed by atoms with Crippen molar-refractivity contribution in [2.75, 3.05) is 4.72 Å². The second-order valence-corrected chi connectivity index (χ2v) is 7.77. The average Bonchev–Trinajstić information content (AvgIpc) is 2.48. The fraction of sp³-hybridized carbons (Fsp3) is 0. The van der Waals surface area contributed by atoms with Crippen molar-refractivity contribution in [1.29, 1.82) is 5.26 Å². The fourth-order valence-corrected chi connectivity index (χ4v) is 3.10. The van der Waals surface area contributed by atoms with Crippen molar-refractivity contribution in [3.63, 3.8) is 0 Å². The molecule has 0 heterocycles. The van der Waals surface area contributed by atoms with Crippen molar-refractivity contribution in [1.82, 2.24) is 0 Å². The first kappa shape index (κ1) is 16.7. The molecule has 0 amide bonds. The molecule has 0 saturated heterocycles. The molecular formula is C15H10Br2N2O2S. The fourth-order valence-electron chi connectivity index (χ4n) is 1.61. The predicted octanol–water partition coefficient (Wildman–Crippen LogP) is 4.52. The molecule has 4 nitrogen and oxygen atoms in total. The Morgan fingerprint density at radius 3 is 2.00 bits per heavy atom. The zero-order valence-electron chi connectivity index (χ0n) is 11.1. The van der Waals surface area contributed by atoms with E-state index in [4.69, 9.17) is 5.26 Å². The molecule has 0 fully saturated rings. The number of nitriles is 1. The van der Waals surface area contributed by atoms with Gasteiger partial charge < -0.3 is 0 Å². The summed E-state index contributed by atoms with van der Waals surface area (Å²) in [4.78, 5) is -0.349. The van der Waals surface area contributed by atoms with Crippen LogP contribution in [0.1, 0.15) is 5.56 Å². The Hall–Kier alpha value is -1.62. The molecule has 0 aliphatic carbocycles. The van der Waals surface area contributed by atoms with Crippen molar-refractivity contribution < 1.29 is 8.42 Å². The van der Waals surface area contributed by atoms with Gasteiger partial charge in [0.2, 0.25) is 0 Å². The van der Waals surface area contributed by atoms with Crippen molar-refractivity contribution in [3.05, 3.63) is 67.9 Å². The highest BCUT2D eigenvalue weighted by molar-refractivity contribution is 9.10. The topological polar surface area (TPSA) is 70.0 Å². The predicted molar refractivity (Wildman–Crippen MR) is 94.4 cm³/mol.